The monoisotopic (exact) mass is 311 g/mol. The Morgan fingerprint density at radius 1 is 1.24 bits per heavy atom. The van der Waals surface area contributed by atoms with Gasteiger partial charge in [0, 0.05) is 6.20 Å². The number of halogens is 1. The average Bonchev–Trinajstić information content (AvgIpc) is 2.37. The number of primary sulfonamides is 1. The lowest BCUT2D eigenvalue weighted by molar-refractivity contribution is 0.0994. The van der Waals surface area contributed by atoms with Crippen LogP contribution in [0.4, 0.5) is 4.39 Å². The summed E-state index contributed by atoms with van der Waals surface area (Å²) in [6.45, 7) is 0. The summed E-state index contributed by atoms with van der Waals surface area (Å²) in [6, 6.07) is 6.06. The van der Waals surface area contributed by atoms with Crippen LogP contribution in [0.5, 0.6) is 11.6 Å². The Labute approximate surface area is 119 Å². The Morgan fingerprint density at radius 3 is 2.57 bits per heavy atom. The minimum absolute atomic E-state index is 0.258. The van der Waals surface area contributed by atoms with Crippen molar-refractivity contribution in [1.82, 2.24) is 4.98 Å². The van der Waals surface area contributed by atoms with Gasteiger partial charge in [-0.15, -0.1) is 0 Å². The van der Waals surface area contributed by atoms with Gasteiger partial charge in [0.05, 0.1) is 0 Å². The summed E-state index contributed by atoms with van der Waals surface area (Å²) in [7, 11) is -4.09. The maximum atomic E-state index is 13.6. The second-order valence-electron chi connectivity index (χ2n) is 3.93. The van der Waals surface area contributed by atoms with Gasteiger partial charge in [0.1, 0.15) is 22.0 Å². The van der Waals surface area contributed by atoms with Crippen molar-refractivity contribution < 1.29 is 22.3 Å². The Balaban J connectivity index is 2.55. The molecule has 1 aromatic carbocycles. The van der Waals surface area contributed by atoms with Gasteiger partial charge in [-0.05, 0) is 24.3 Å². The second kappa shape index (κ2) is 5.46. The summed E-state index contributed by atoms with van der Waals surface area (Å²) >= 11 is 0. The van der Waals surface area contributed by atoms with Crippen molar-refractivity contribution in [2.24, 2.45) is 10.9 Å². The lowest BCUT2D eigenvalue weighted by Gasteiger charge is -2.11. The number of pyridine rings is 1. The summed E-state index contributed by atoms with van der Waals surface area (Å²) < 4.78 is 41.6. The van der Waals surface area contributed by atoms with Crippen LogP contribution in [0.2, 0.25) is 0 Å². The van der Waals surface area contributed by atoms with Crippen molar-refractivity contribution in [1.29, 1.82) is 0 Å². The van der Waals surface area contributed by atoms with Crippen molar-refractivity contribution in [3.63, 3.8) is 0 Å². The molecule has 0 unspecified atom stereocenters. The summed E-state index contributed by atoms with van der Waals surface area (Å²) in [5, 5.41) is 5.03. The lowest BCUT2D eigenvalue weighted by Crippen LogP contribution is -2.16. The summed E-state index contributed by atoms with van der Waals surface area (Å²) in [5.74, 6) is -2.59. The maximum absolute atomic E-state index is 13.6. The van der Waals surface area contributed by atoms with Crippen LogP contribution in [-0.4, -0.2) is 19.3 Å². The van der Waals surface area contributed by atoms with Gasteiger partial charge in [0.15, 0.2) is 0 Å². The van der Waals surface area contributed by atoms with Gasteiger partial charge >= 0.3 is 0 Å². The number of primary amides is 1. The van der Waals surface area contributed by atoms with Crippen LogP contribution in [0.25, 0.3) is 0 Å². The zero-order valence-corrected chi connectivity index (χ0v) is 11.3. The first-order valence-corrected chi connectivity index (χ1v) is 7.09. The molecule has 9 heteroatoms. The second-order valence-corrected chi connectivity index (χ2v) is 5.46. The number of sulfonamides is 1. The molecule has 0 saturated carbocycles. The van der Waals surface area contributed by atoms with E-state index in [1.165, 1.54) is 30.5 Å². The number of nitrogens with two attached hydrogens (primary N) is 2. The Hall–Kier alpha value is -2.52. The quantitative estimate of drug-likeness (QED) is 0.862. The Kier molecular flexibility index (Phi) is 3.87. The van der Waals surface area contributed by atoms with E-state index < -0.39 is 32.2 Å². The van der Waals surface area contributed by atoms with Gasteiger partial charge in [0.2, 0.25) is 15.9 Å². The van der Waals surface area contributed by atoms with Crippen molar-refractivity contribution in [2.75, 3.05) is 0 Å². The molecule has 0 aliphatic carbocycles. The van der Waals surface area contributed by atoms with E-state index in [9.17, 15) is 17.6 Å². The lowest BCUT2D eigenvalue weighted by atomic mass is 10.2. The third-order valence-electron chi connectivity index (χ3n) is 2.47. The normalized spacial score (nSPS) is 11.1. The molecule has 0 aliphatic rings. The molecule has 0 fully saturated rings. The van der Waals surface area contributed by atoms with E-state index in [1.807, 2.05) is 0 Å². The van der Waals surface area contributed by atoms with Gasteiger partial charge in [-0.1, -0.05) is 6.07 Å². The van der Waals surface area contributed by atoms with Crippen LogP contribution in [0, 0.1) is 5.82 Å². The smallest absolute Gasteiger partial charge is 0.255 e. The average molecular weight is 311 g/mol. The molecule has 21 heavy (non-hydrogen) atoms. The molecule has 0 spiro atoms. The molecule has 0 radical (unpaired) electrons. The summed E-state index contributed by atoms with van der Waals surface area (Å²) in [6.07, 6.45) is 1.26. The van der Waals surface area contributed by atoms with Crippen molar-refractivity contribution in [2.45, 2.75) is 4.90 Å². The number of ether oxygens (including phenoxy) is 1. The topological polar surface area (TPSA) is 125 Å². The highest BCUT2D eigenvalue weighted by molar-refractivity contribution is 7.89. The van der Waals surface area contributed by atoms with Crippen LogP contribution in [0.15, 0.2) is 41.4 Å². The van der Waals surface area contributed by atoms with Crippen LogP contribution in [0.3, 0.4) is 0 Å². The molecule has 4 N–H and O–H groups in total. The molecule has 2 aromatic rings. The number of amides is 1. The van der Waals surface area contributed by atoms with Crippen LogP contribution >= 0.6 is 0 Å². The molecule has 0 aliphatic heterocycles. The van der Waals surface area contributed by atoms with E-state index in [0.29, 0.717) is 0 Å². The third kappa shape index (κ3) is 3.15. The van der Waals surface area contributed by atoms with Gasteiger partial charge < -0.3 is 10.5 Å². The Morgan fingerprint density at radius 2 is 1.95 bits per heavy atom. The predicted molar refractivity (Wildman–Crippen MR) is 70.6 cm³/mol. The highest BCUT2D eigenvalue weighted by Gasteiger charge is 2.20. The zero-order valence-electron chi connectivity index (χ0n) is 10.5. The van der Waals surface area contributed by atoms with Gasteiger partial charge in [-0.3, -0.25) is 4.79 Å². The first-order chi connectivity index (χ1) is 9.80. The van der Waals surface area contributed by atoms with E-state index in [1.54, 1.807) is 0 Å². The van der Waals surface area contributed by atoms with Gasteiger partial charge in [-0.25, -0.2) is 22.9 Å². The number of aromatic nitrogens is 1. The third-order valence-corrected chi connectivity index (χ3v) is 3.39. The van der Waals surface area contributed by atoms with E-state index >= 15 is 0 Å². The fourth-order valence-electron chi connectivity index (χ4n) is 1.60. The van der Waals surface area contributed by atoms with E-state index in [4.69, 9.17) is 15.6 Å². The molecule has 1 aromatic heterocycles. The minimum atomic E-state index is -4.09. The zero-order chi connectivity index (χ0) is 15.6. The number of benzene rings is 1. The maximum Gasteiger partial charge on any atom is 0.255 e. The number of carbonyl (C=O) groups is 1. The largest absolute Gasteiger partial charge is 0.437 e. The molecule has 2 rings (SSSR count). The first-order valence-electron chi connectivity index (χ1n) is 5.54. The molecule has 0 saturated heterocycles. The van der Waals surface area contributed by atoms with Crippen LogP contribution < -0.4 is 15.6 Å². The number of carbonyl (C=O) groups excluding carboxylic acids is 1. The highest BCUT2D eigenvalue weighted by atomic mass is 32.2. The molecule has 7 nitrogen and oxygen atoms in total. The standard InChI is InChI=1S/C12H10FN3O4S/c13-7-3-1-4-8(10(7)11(14)17)20-12-9(21(15,18)19)5-2-6-16-12/h1-6H,(H2,14,17)(H2,15,18,19). The van der Waals surface area contributed by atoms with Crippen LogP contribution in [0.1, 0.15) is 10.4 Å². The summed E-state index contributed by atoms with van der Waals surface area (Å²) in [5.41, 5.74) is 4.56. The minimum Gasteiger partial charge on any atom is -0.437 e. The van der Waals surface area contributed by atoms with E-state index in [2.05, 4.69) is 4.98 Å². The van der Waals surface area contributed by atoms with Crippen molar-refractivity contribution in [3.05, 3.63) is 47.9 Å². The number of hydrogen-bond acceptors (Lipinski definition) is 5. The van der Waals surface area contributed by atoms with Gasteiger partial charge in [0.25, 0.3) is 5.91 Å². The molecule has 1 amide bonds. The van der Waals surface area contributed by atoms with Crippen molar-refractivity contribution >= 4 is 15.9 Å². The summed E-state index contributed by atoms with van der Waals surface area (Å²) in [4.78, 5) is 14.6. The SMILES string of the molecule is NC(=O)c1c(F)cccc1Oc1ncccc1S(N)(=O)=O. The molecular weight excluding hydrogens is 301 g/mol. The van der Waals surface area contributed by atoms with E-state index in [-0.39, 0.29) is 11.6 Å². The highest BCUT2D eigenvalue weighted by Crippen LogP contribution is 2.29. The molecule has 110 valence electrons. The number of nitrogens with zero attached hydrogens (tertiary/aromatic N) is 1. The molecular formula is C12H10FN3O4S. The molecule has 1 heterocycles. The molecule has 0 bridgehead atoms. The number of rotatable bonds is 4. The first kappa shape index (κ1) is 14.9. The number of hydrogen-bond donors (Lipinski definition) is 2. The fraction of sp³-hybridized carbons (Fsp3) is 0. The van der Waals surface area contributed by atoms with Gasteiger partial charge in [-0.2, -0.15) is 0 Å². The van der Waals surface area contributed by atoms with Crippen molar-refractivity contribution in [3.8, 4) is 11.6 Å². The van der Waals surface area contributed by atoms with E-state index in [0.717, 1.165) is 6.07 Å². The Bertz CT molecular complexity index is 808. The predicted octanol–water partition coefficient (Wildman–Crippen LogP) is 0.759. The fourth-order valence-corrected chi connectivity index (χ4v) is 2.21. The van der Waals surface area contributed by atoms with Crippen LogP contribution in [-0.2, 0) is 10.0 Å². The molecule has 0 atom stereocenters.